The van der Waals surface area contributed by atoms with Gasteiger partial charge < -0.3 is 19.7 Å². The molecule has 0 radical (unpaired) electrons. The fourth-order valence-corrected chi connectivity index (χ4v) is 4.47. The molecule has 0 saturated carbocycles. The molecule has 0 aromatic heterocycles. The quantitative estimate of drug-likeness (QED) is 0.877. The van der Waals surface area contributed by atoms with Gasteiger partial charge in [0.15, 0.2) is 23.0 Å². The van der Waals surface area contributed by atoms with Crippen molar-refractivity contribution in [1.82, 2.24) is 4.90 Å². The summed E-state index contributed by atoms with van der Waals surface area (Å²) >= 11 is 0. The van der Waals surface area contributed by atoms with Gasteiger partial charge in [0.05, 0.1) is 14.2 Å². The maximum absolute atomic E-state index is 10.1. The van der Waals surface area contributed by atoms with E-state index in [1.807, 2.05) is 18.2 Å². The highest BCUT2D eigenvalue weighted by Gasteiger charge is 2.39. The summed E-state index contributed by atoms with van der Waals surface area (Å²) in [5.74, 6) is 1.73. The van der Waals surface area contributed by atoms with Crippen molar-refractivity contribution in [3.05, 3.63) is 46.5 Å². The number of hydrogen-bond acceptors (Lipinski definition) is 5. The minimum absolute atomic E-state index is 0.191. The second kappa shape index (κ2) is 5.85. The number of phenols is 2. The molecule has 2 aliphatic rings. The summed E-state index contributed by atoms with van der Waals surface area (Å²) in [4.78, 5) is 2.42. The average Bonchev–Trinajstić information content (AvgIpc) is 2.60. The van der Waals surface area contributed by atoms with E-state index in [2.05, 4.69) is 11.8 Å². The molecule has 2 aliphatic heterocycles. The Morgan fingerprint density at radius 1 is 1.04 bits per heavy atom. The molecule has 2 aromatic rings. The van der Waals surface area contributed by atoms with Crippen molar-refractivity contribution in [1.29, 1.82) is 0 Å². The molecule has 2 heterocycles. The number of aromatic hydroxyl groups is 2. The molecule has 2 N–H and O–H groups in total. The second-order valence-electron chi connectivity index (χ2n) is 6.86. The predicted octanol–water partition coefficient (Wildman–Crippen LogP) is 3.33. The minimum Gasteiger partial charge on any atom is -0.504 e. The molecular weight excluding hydrogens is 318 g/mol. The van der Waals surface area contributed by atoms with Crippen LogP contribution in [0, 0.1) is 0 Å². The summed E-state index contributed by atoms with van der Waals surface area (Å²) < 4.78 is 10.8. The zero-order valence-electron chi connectivity index (χ0n) is 14.7. The van der Waals surface area contributed by atoms with Crippen molar-refractivity contribution in [3.8, 4) is 23.0 Å². The lowest BCUT2D eigenvalue weighted by atomic mass is 9.77. The standard InChI is InChI=1S/C20H23NO4/c1-11-13-4-5-16(22)20(25-3)15(13)10-21-7-6-12-8-17(23)18(24-2)9-14(12)19(11)21/h4-5,8-9,11,19,22-23H,6-7,10H2,1-3H3. The van der Waals surface area contributed by atoms with Crippen molar-refractivity contribution in [3.63, 3.8) is 0 Å². The average molecular weight is 341 g/mol. The molecule has 4 rings (SSSR count). The smallest absolute Gasteiger partial charge is 0.165 e. The summed E-state index contributed by atoms with van der Waals surface area (Å²) in [5, 5.41) is 20.2. The Hall–Kier alpha value is -2.40. The monoisotopic (exact) mass is 341 g/mol. The Kier molecular flexibility index (Phi) is 3.76. The van der Waals surface area contributed by atoms with Crippen LogP contribution in [0.1, 0.15) is 41.1 Å². The number of nitrogens with zero attached hydrogens (tertiary/aromatic N) is 1. The van der Waals surface area contributed by atoms with Gasteiger partial charge in [-0.3, -0.25) is 4.90 Å². The highest BCUT2D eigenvalue weighted by molar-refractivity contribution is 5.55. The molecule has 2 aromatic carbocycles. The third-order valence-corrected chi connectivity index (χ3v) is 5.63. The topological polar surface area (TPSA) is 62.2 Å². The highest BCUT2D eigenvalue weighted by Crippen LogP contribution is 2.50. The predicted molar refractivity (Wildman–Crippen MR) is 94.6 cm³/mol. The molecule has 0 aliphatic carbocycles. The van der Waals surface area contributed by atoms with Gasteiger partial charge in [0, 0.05) is 30.6 Å². The maximum atomic E-state index is 10.1. The van der Waals surface area contributed by atoms with Crippen LogP contribution >= 0.6 is 0 Å². The van der Waals surface area contributed by atoms with Crippen molar-refractivity contribution in [2.45, 2.75) is 31.8 Å². The molecule has 132 valence electrons. The van der Waals surface area contributed by atoms with Crippen LogP contribution in [-0.4, -0.2) is 35.9 Å². The molecule has 5 heteroatoms. The first-order chi connectivity index (χ1) is 12.0. The van der Waals surface area contributed by atoms with E-state index in [1.54, 1.807) is 20.3 Å². The van der Waals surface area contributed by atoms with Crippen LogP contribution in [0.4, 0.5) is 0 Å². The fraction of sp³-hybridized carbons (Fsp3) is 0.400. The number of methoxy groups -OCH3 is 2. The van der Waals surface area contributed by atoms with Gasteiger partial charge in [0.2, 0.25) is 0 Å². The molecule has 25 heavy (non-hydrogen) atoms. The Labute approximate surface area is 147 Å². The zero-order chi connectivity index (χ0) is 17.7. The van der Waals surface area contributed by atoms with Crippen LogP contribution < -0.4 is 9.47 Å². The van der Waals surface area contributed by atoms with Crippen molar-refractivity contribution in [2.24, 2.45) is 0 Å². The highest BCUT2D eigenvalue weighted by atomic mass is 16.5. The summed E-state index contributed by atoms with van der Waals surface area (Å²) in [7, 11) is 3.18. The van der Waals surface area contributed by atoms with E-state index < -0.39 is 0 Å². The van der Waals surface area contributed by atoms with E-state index in [4.69, 9.17) is 9.47 Å². The van der Waals surface area contributed by atoms with Gasteiger partial charge in [-0.2, -0.15) is 0 Å². The summed E-state index contributed by atoms with van der Waals surface area (Å²) in [6, 6.07) is 7.75. The van der Waals surface area contributed by atoms with E-state index in [9.17, 15) is 10.2 Å². The van der Waals surface area contributed by atoms with E-state index in [-0.39, 0.29) is 23.5 Å². The van der Waals surface area contributed by atoms with Gasteiger partial charge in [-0.05, 0) is 41.3 Å². The van der Waals surface area contributed by atoms with Crippen molar-refractivity contribution < 1.29 is 19.7 Å². The first-order valence-corrected chi connectivity index (χ1v) is 8.57. The van der Waals surface area contributed by atoms with Crippen LogP contribution in [0.15, 0.2) is 24.3 Å². The van der Waals surface area contributed by atoms with E-state index in [1.165, 1.54) is 16.7 Å². The van der Waals surface area contributed by atoms with E-state index >= 15 is 0 Å². The lowest BCUT2D eigenvalue weighted by Crippen LogP contribution is -2.41. The zero-order valence-corrected chi connectivity index (χ0v) is 14.7. The molecule has 0 fully saturated rings. The van der Waals surface area contributed by atoms with Crippen LogP contribution in [0.25, 0.3) is 0 Å². The molecule has 0 amide bonds. The Morgan fingerprint density at radius 2 is 1.84 bits per heavy atom. The first kappa shape index (κ1) is 16.1. The molecule has 5 nitrogen and oxygen atoms in total. The van der Waals surface area contributed by atoms with E-state index in [0.29, 0.717) is 11.5 Å². The number of hydrogen-bond donors (Lipinski definition) is 2. The molecular formula is C20H23NO4. The fourth-order valence-electron chi connectivity index (χ4n) is 4.47. The lowest BCUT2D eigenvalue weighted by Gasteiger charge is -2.45. The summed E-state index contributed by atoms with van der Waals surface area (Å²) in [5.41, 5.74) is 4.67. The molecule has 0 saturated heterocycles. The second-order valence-corrected chi connectivity index (χ2v) is 6.86. The first-order valence-electron chi connectivity index (χ1n) is 8.57. The lowest BCUT2D eigenvalue weighted by molar-refractivity contribution is 0.136. The number of phenolic OH excluding ortho intramolecular Hbond substituents is 2. The van der Waals surface area contributed by atoms with Crippen LogP contribution in [0.2, 0.25) is 0 Å². The molecule has 0 spiro atoms. The Balaban J connectivity index is 1.84. The largest absolute Gasteiger partial charge is 0.504 e. The molecule has 0 bridgehead atoms. The summed E-state index contributed by atoms with van der Waals surface area (Å²) in [6.07, 6.45) is 0.882. The Morgan fingerprint density at radius 3 is 2.56 bits per heavy atom. The third-order valence-electron chi connectivity index (χ3n) is 5.63. The van der Waals surface area contributed by atoms with Gasteiger partial charge >= 0.3 is 0 Å². The normalized spacial score (nSPS) is 21.9. The van der Waals surface area contributed by atoms with Gasteiger partial charge in [-0.25, -0.2) is 0 Å². The number of fused-ring (bicyclic) bond motifs is 4. The van der Waals surface area contributed by atoms with Crippen molar-refractivity contribution >= 4 is 0 Å². The SMILES string of the molecule is COc1cc2c(cc1O)CCN1Cc3c(ccc(O)c3OC)C(C)C21. The maximum Gasteiger partial charge on any atom is 0.165 e. The van der Waals surface area contributed by atoms with Gasteiger partial charge in [-0.1, -0.05) is 13.0 Å². The molecule has 2 atom stereocenters. The number of rotatable bonds is 2. The Bertz CT molecular complexity index is 833. The van der Waals surface area contributed by atoms with Crippen LogP contribution in [0.5, 0.6) is 23.0 Å². The van der Waals surface area contributed by atoms with Crippen LogP contribution in [-0.2, 0) is 13.0 Å². The van der Waals surface area contributed by atoms with Crippen molar-refractivity contribution in [2.75, 3.05) is 20.8 Å². The number of ether oxygens (including phenoxy) is 2. The van der Waals surface area contributed by atoms with Gasteiger partial charge in [0.1, 0.15) is 0 Å². The third kappa shape index (κ3) is 2.34. The number of benzene rings is 2. The molecule has 2 unspecified atom stereocenters. The van der Waals surface area contributed by atoms with E-state index in [0.717, 1.165) is 25.1 Å². The minimum atomic E-state index is 0.191. The summed E-state index contributed by atoms with van der Waals surface area (Å²) in [6.45, 7) is 3.86. The van der Waals surface area contributed by atoms with Gasteiger partial charge in [0.25, 0.3) is 0 Å². The van der Waals surface area contributed by atoms with Gasteiger partial charge in [-0.15, -0.1) is 0 Å². The van der Waals surface area contributed by atoms with Crippen LogP contribution in [0.3, 0.4) is 0 Å².